The van der Waals surface area contributed by atoms with Gasteiger partial charge in [0.15, 0.2) is 5.96 Å². The second kappa shape index (κ2) is 12.5. The molecule has 2 N–H and O–H groups in total. The van der Waals surface area contributed by atoms with Crippen molar-refractivity contribution < 1.29 is 19.1 Å². The quantitative estimate of drug-likeness (QED) is 0.321. The van der Waals surface area contributed by atoms with Gasteiger partial charge in [0.25, 0.3) is 5.91 Å². The average molecular weight is 558 g/mol. The summed E-state index contributed by atoms with van der Waals surface area (Å²) < 4.78 is 5.05. The topological polar surface area (TPSA) is 107 Å². The number of piperazine rings is 2. The largest absolute Gasteiger partial charge is 0.450 e. The van der Waals surface area contributed by atoms with Crippen LogP contribution < -0.4 is 10.6 Å². The molecule has 3 rings (SSSR count). The number of amides is 3. The first-order valence-corrected chi connectivity index (χ1v) is 10.5. The van der Waals surface area contributed by atoms with Crippen molar-refractivity contribution in [3.8, 4) is 0 Å². The molecule has 1 aromatic rings. The molecular weight excluding hydrogens is 527 g/mol. The van der Waals surface area contributed by atoms with Crippen LogP contribution in [-0.2, 0) is 16.1 Å². The number of ether oxygens (including phenoxy) is 1. The van der Waals surface area contributed by atoms with Crippen molar-refractivity contribution in [1.82, 2.24) is 25.3 Å². The second-order valence-corrected chi connectivity index (χ2v) is 7.35. The molecule has 176 valence electrons. The summed E-state index contributed by atoms with van der Waals surface area (Å²) in [5.74, 6) is 0.502. The molecule has 0 unspecified atom stereocenters. The summed E-state index contributed by atoms with van der Waals surface area (Å²) in [4.78, 5) is 45.6. The van der Waals surface area contributed by atoms with Gasteiger partial charge in [0, 0.05) is 58.4 Å². The van der Waals surface area contributed by atoms with Crippen molar-refractivity contribution in [2.75, 3.05) is 59.5 Å². The lowest BCUT2D eigenvalue weighted by Gasteiger charge is -2.35. The van der Waals surface area contributed by atoms with Crippen molar-refractivity contribution in [1.29, 1.82) is 0 Å². The van der Waals surface area contributed by atoms with Crippen LogP contribution in [0.15, 0.2) is 29.3 Å². The Morgan fingerprint density at radius 3 is 2.31 bits per heavy atom. The van der Waals surface area contributed by atoms with Crippen LogP contribution >= 0.6 is 24.0 Å². The normalized spacial score (nSPS) is 16.8. The Kier molecular flexibility index (Phi) is 10.0. The molecule has 0 aliphatic carbocycles. The third kappa shape index (κ3) is 6.71. The standard InChI is InChI=1S/C21H30N6O4.HI/c1-3-31-21(30)26-12-10-25(11-13-26)20(22-2)24-14-16-4-6-17(7-5-16)19(29)27-9-8-23-18(28)15-27;/h4-7H,3,8-15H2,1-2H3,(H,22,24)(H,23,28);1H. The van der Waals surface area contributed by atoms with Crippen LogP contribution in [0.3, 0.4) is 0 Å². The van der Waals surface area contributed by atoms with E-state index < -0.39 is 0 Å². The number of benzene rings is 1. The van der Waals surface area contributed by atoms with Crippen LogP contribution in [0.1, 0.15) is 22.8 Å². The van der Waals surface area contributed by atoms with Gasteiger partial charge in [-0.05, 0) is 24.6 Å². The molecule has 32 heavy (non-hydrogen) atoms. The summed E-state index contributed by atoms with van der Waals surface area (Å²) in [7, 11) is 1.73. The number of guanidine groups is 1. The molecule has 2 aliphatic heterocycles. The minimum atomic E-state index is -0.273. The second-order valence-electron chi connectivity index (χ2n) is 7.35. The maximum atomic E-state index is 12.6. The van der Waals surface area contributed by atoms with E-state index in [1.807, 2.05) is 12.1 Å². The summed E-state index contributed by atoms with van der Waals surface area (Å²) in [6.45, 7) is 6.37. The molecule has 0 bridgehead atoms. The number of carbonyl (C=O) groups excluding carboxylic acids is 3. The Morgan fingerprint density at radius 2 is 1.72 bits per heavy atom. The number of hydrogen-bond donors (Lipinski definition) is 2. The molecule has 0 aromatic heterocycles. The van der Waals surface area contributed by atoms with Crippen LogP contribution in [-0.4, -0.2) is 98.0 Å². The maximum absolute atomic E-state index is 12.6. The van der Waals surface area contributed by atoms with E-state index in [4.69, 9.17) is 4.74 Å². The molecular formula is C21H31IN6O4. The van der Waals surface area contributed by atoms with Crippen LogP contribution in [0.2, 0.25) is 0 Å². The van der Waals surface area contributed by atoms with Gasteiger partial charge in [-0.2, -0.15) is 0 Å². The van der Waals surface area contributed by atoms with Crippen LogP contribution in [0.25, 0.3) is 0 Å². The van der Waals surface area contributed by atoms with Gasteiger partial charge >= 0.3 is 6.09 Å². The lowest BCUT2D eigenvalue weighted by Crippen LogP contribution is -2.53. The first kappa shape index (κ1) is 25.7. The molecule has 2 aliphatic rings. The van der Waals surface area contributed by atoms with Gasteiger partial charge < -0.3 is 30.1 Å². The zero-order chi connectivity index (χ0) is 22.2. The number of halogens is 1. The fourth-order valence-electron chi connectivity index (χ4n) is 3.59. The fourth-order valence-corrected chi connectivity index (χ4v) is 3.59. The monoisotopic (exact) mass is 558 g/mol. The van der Waals surface area contributed by atoms with Gasteiger partial charge in [-0.3, -0.25) is 14.6 Å². The molecule has 3 amide bonds. The van der Waals surface area contributed by atoms with Gasteiger partial charge in [-0.25, -0.2) is 4.79 Å². The molecule has 0 atom stereocenters. The number of nitrogens with one attached hydrogen (secondary N) is 2. The molecule has 2 fully saturated rings. The van der Waals surface area contributed by atoms with Crippen molar-refractivity contribution in [3.63, 3.8) is 0 Å². The molecule has 11 heteroatoms. The number of hydrogen-bond acceptors (Lipinski definition) is 5. The molecule has 0 saturated carbocycles. The van der Waals surface area contributed by atoms with E-state index in [-0.39, 0.29) is 48.4 Å². The predicted octanol–water partition coefficient (Wildman–Crippen LogP) is 0.726. The highest BCUT2D eigenvalue weighted by molar-refractivity contribution is 14.0. The third-order valence-electron chi connectivity index (χ3n) is 5.29. The average Bonchev–Trinajstić information content (AvgIpc) is 2.80. The predicted molar refractivity (Wildman–Crippen MR) is 131 cm³/mol. The van der Waals surface area contributed by atoms with Crippen LogP contribution in [0.4, 0.5) is 4.79 Å². The smallest absolute Gasteiger partial charge is 0.409 e. The Morgan fingerprint density at radius 1 is 1.06 bits per heavy atom. The lowest BCUT2D eigenvalue weighted by atomic mass is 10.1. The summed E-state index contributed by atoms with van der Waals surface area (Å²) in [6, 6.07) is 7.37. The maximum Gasteiger partial charge on any atom is 0.409 e. The van der Waals surface area contributed by atoms with Gasteiger partial charge in [0.2, 0.25) is 5.91 Å². The molecule has 1 aromatic carbocycles. The van der Waals surface area contributed by atoms with Crippen molar-refractivity contribution in [2.45, 2.75) is 13.5 Å². The van der Waals surface area contributed by atoms with Crippen molar-refractivity contribution >= 4 is 47.8 Å². The molecule has 2 heterocycles. The Balaban J connectivity index is 0.00000363. The van der Waals surface area contributed by atoms with E-state index >= 15 is 0 Å². The highest BCUT2D eigenvalue weighted by atomic mass is 127. The Bertz CT molecular complexity index is 824. The zero-order valence-electron chi connectivity index (χ0n) is 18.5. The van der Waals surface area contributed by atoms with Crippen LogP contribution in [0, 0.1) is 0 Å². The van der Waals surface area contributed by atoms with Gasteiger partial charge in [0.1, 0.15) is 0 Å². The first-order chi connectivity index (χ1) is 15.0. The van der Waals surface area contributed by atoms with E-state index in [2.05, 4.69) is 20.5 Å². The summed E-state index contributed by atoms with van der Waals surface area (Å²) in [5, 5.41) is 6.05. The molecule has 2 saturated heterocycles. The molecule has 10 nitrogen and oxygen atoms in total. The SMILES string of the molecule is CCOC(=O)N1CCN(C(=NC)NCc2ccc(C(=O)N3CCNC(=O)C3)cc2)CC1.I. The summed E-state index contributed by atoms with van der Waals surface area (Å²) in [5.41, 5.74) is 1.58. The number of carbonyl (C=O) groups is 3. The highest BCUT2D eigenvalue weighted by Gasteiger charge is 2.24. The van der Waals surface area contributed by atoms with Gasteiger partial charge in [-0.1, -0.05) is 12.1 Å². The van der Waals surface area contributed by atoms with E-state index in [0.717, 1.165) is 11.5 Å². The van der Waals surface area contributed by atoms with Crippen LogP contribution in [0.5, 0.6) is 0 Å². The number of nitrogens with zero attached hydrogens (tertiary/aromatic N) is 4. The number of rotatable bonds is 4. The van der Waals surface area contributed by atoms with E-state index in [1.54, 1.807) is 35.9 Å². The zero-order valence-corrected chi connectivity index (χ0v) is 20.8. The van der Waals surface area contributed by atoms with E-state index in [1.165, 1.54) is 0 Å². The number of aliphatic imine (C=N–C) groups is 1. The van der Waals surface area contributed by atoms with E-state index in [9.17, 15) is 14.4 Å². The summed E-state index contributed by atoms with van der Waals surface area (Å²) >= 11 is 0. The Labute approximate surface area is 205 Å². The van der Waals surface area contributed by atoms with E-state index in [0.29, 0.717) is 58.0 Å². The lowest BCUT2D eigenvalue weighted by molar-refractivity contribution is -0.123. The third-order valence-corrected chi connectivity index (χ3v) is 5.29. The fraction of sp³-hybridized carbons (Fsp3) is 0.524. The van der Waals surface area contributed by atoms with Crippen molar-refractivity contribution in [2.24, 2.45) is 4.99 Å². The van der Waals surface area contributed by atoms with Gasteiger partial charge in [-0.15, -0.1) is 24.0 Å². The Hall–Kier alpha value is -2.57. The van der Waals surface area contributed by atoms with Gasteiger partial charge in [0.05, 0.1) is 13.2 Å². The highest BCUT2D eigenvalue weighted by Crippen LogP contribution is 2.10. The summed E-state index contributed by atoms with van der Waals surface area (Å²) in [6.07, 6.45) is -0.273. The first-order valence-electron chi connectivity index (χ1n) is 10.5. The molecule has 0 spiro atoms. The minimum absolute atomic E-state index is 0. The molecule has 0 radical (unpaired) electrons. The minimum Gasteiger partial charge on any atom is -0.450 e. The van der Waals surface area contributed by atoms with Crippen molar-refractivity contribution in [3.05, 3.63) is 35.4 Å².